The molecule has 0 saturated heterocycles. The summed E-state index contributed by atoms with van der Waals surface area (Å²) in [5.41, 5.74) is 3.16. The summed E-state index contributed by atoms with van der Waals surface area (Å²) in [6.07, 6.45) is 2.31. The molecule has 0 aliphatic carbocycles. The first-order valence-electron chi connectivity index (χ1n) is 10.1. The van der Waals surface area contributed by atoms with Gasteiger partial charge in [0.2, 0.25) is 0 Å². The topological polar surface area (TPSA) is 69.3 Å². The van der Waals surface area contributed by atoms with Crippen LogP contribution in [0, 0.1) is 6.92 Å². The number of benzene rings is 2. The molecule has 0 bridgehead atoms. The summed E-state index contributed by atoms with van der Waals surface area (Å²) in [5, 5.41) is 2.97. The van der Waals surface area contributed by atoms with Gasteiger partial charge >= 0.3 is 0 Å². The van der Waals surface area contributed by atoms with E-state index < -0.39 is 0 Å². The number of nitrogens with one attached hydrogen (secondary N) is 1. The Balaban J connectivity index is 1.47. The number of para-hydroxylation sites is 2. The number of carbonyl (C=O) groups is 1. The monoisotopic (exact) mass is 403 g/mol. The van der Waals surface area contributed by atoms with Gasteiger partial charge in [0, 0.05) is 6.54 Å². The van der Waals surface area contributed by atoms with Crippen LogP contribution in [-0.4, -0.2) is 22.1 Å². The summed E-state index contributed by atoms with van der Waals surface area (Å²) < 4.78 is 13.2. The van der Waals surface area contributed by atoms with Gasteiger partial charge in [0.15, 0.2) is 5.76 Å². The van der Waals surface area contributed by atoms with Crippen LogP contribution in [0.25, 0.3) is 11.0 Å². The summed E-state index contributed by atoms with van der Waals surface area (Å²) in [5.74, 6) is 1.71. The number of aryl methyl sites for hydroxylation is 2. The Kier molecular flexibility index (Phi) is 5.84. The van der Waals surface area contributed by atoms with Crippen molar-refractivity contribution in [3.05, 3.63) is 84.1 Å². The fourth-order valence-electron chi connectivity index (χ4n) is 3.45. The number of ether oxygens (including phenoxy) is 1. The molecular weight excluding hydrogens is 378 g/mol. The molecule has 154 valence electrons. The summed E-state index contributed by atoms with van der Waals surface area (Å²) in [7, 11) is 0. The normalized spacial score (nSPS) is 12.1. The SMILES string of the molecule is Cc1ccc(OCCCn2c([C@@H](C)NC(=O)c3ccco3)nc3ccccc32)cc1. The van der Waals surface area contributed by atoms with Crippen molar-refractivity contribution in [1.29, 1.82) is 0 Å². The van der Waals surface area contributed by atoms with E-state index in [4.69, 9.17) is 14.1 Å². The molecule has 0 unspecified atom stereocenters. The number of amides is 1. The Morgan fingerprint density at radius 3 is 2.70 bits per heavy atom. The number of nitrogens with zero attached hydrogens (tertiary/aromatic N) is 2. The van der Waals surface area contributed by atoms with Crippen molar-refractivity contribution >= 4 is 16.9 Å². The number of carbonyl (C=O) groups excluding carboxylic acids is 1. The molecular formula is C24H25N3O3. The number of hydrogen-bond donors (Lipinski definition) is 1. The Bertz CT molecular complexity index is 1110. The third-order valence-electron chi connectivity index (χ3n) is 4.98. The van der Waals surface area contributed by atoms with Gasteiger partial charge in [-0.05, 0) is 56.7 Å². The van der Waals surface area contributed by atoms with Crippen LogP contribution in [-0.2, 0) is 6.54 Å². The van der Waals surface area contributed by atoms with Crippen molar-refractivity contribution in [2.45, 2.75) is 32.9 Å². The van der Waals surface area contributed by atoms with Gasteiger partial charge in [-0.15, -0.1) is 0 Å². The first-order chi connectivity index (χ1) is 14.6. The van der Waals surface area contributed by atoms with Gasteiger partial charge in [-0.25, -0.2) is 4.98 Å². The molecule has 0 spiro atoms. The first kappa shape index (κ1) is 19.8. The third kappa shape index (κ3) is 4.38. The van der Waals surface area contributed by atoms with E-state index in [0.717, 1.165) is 35.6 Å². The molecule has 1 N–H and O–H groups in total. The van der Waals surface area contributed by atoms with Crippen molar-refractivity contribution in [1.82, 2.24) is 14.9 Å². The molecule has 2 aromatic heterocycles. The highest BCUT2D eigenvalue weighted by atomic mass is 16.5. The number of furan rings is 1. The Morgan fingerprint density at radius 2 is 1.93 bits per heavy atom. The summed E-state index contributed by atoms with van der Waals surface area (Å²) in [4.78, 5) is 17.2. The highest BCUT2D eigenvalue weighted by Crippen LogP contribution is 2.22. The fraction of sp³-hybridized carbons (Fsp3) is 0.250. The van der Waals surface area contributed by atoms with Crippen molar-refractivity contribution in [3.8, 4) is 5.75 Å². The molecule has 2 heterocycles. The maximum Gasteiger partial charge on any atom is 0.287 e. The second-order valence-electron chi connectivity index (χ2n) is 7.30. The Hall–Kier alpha value is -3.54. The highest BCUT2D eigenvalue weighted by molar-refractivity contribution is 5.91. The lowest BCUT2D eigenvalue weighted by molar-refractivity contribution is 0.0909. The molecule has 2 aromatic carbocycles. The second-order valence-corrected chi connectivity index (χ2v) is 7.30. The molecule has 4 aromatic rings. The predicted molar refractivity (Wildman–Crippen MR) is 116 cm³/mol. The molecule has 0 fully saturated rings. The maximum atomic E-state index is 12.4. The van der Waals surface area contributed by atoms with E-state index in [1.54, 1.807) is 12.1 Å². The number of hydrogen-bond acceptors (Lipinski definition) is 4. The van der Waals surface area contributed by atoms with E-state index in [0.29, 0.717) is 6.61 Å². The molecule has 0 saturated carbocycles. The Labute approximate surface area is 175 Å². The van der Waals surface area contributed by atoms with Gasteiger partial charge in [-0.3, -0.25) is 4.79 Å². The van der Waals surface area contributed by atoms with E-state index in [2.05, 4.69) is 16.8 Å². The molecule has 30 heavy (non-hydrogen) atoms. The molecule has 6 heteroatoms. The zero-order valence-corrected chi connectivity index (χ0v) is 17.2. The van der Waals surface area contributed by atoms with Crippen LogP contribution < -0.4 is 10.1 Å². The van der Waals surface area contributed by atoms with Crippen LogP contribution in [0.15, 0.2) is 71.3 Å². The van der Waals surface area contributed by atoms with E-state index in [1.165, 1.54) is 11.8 Å². The summed E-state index contributed by atoms with van der Waals surface area (Å²) in [6, 6.07) is 19.1. The zero-order valence-electron chi connectivity index (χ0n) is 17.2. The van der Waals surface area contributed by atoms with Gasteiger partial charge in [0.1, 0.15) is 11.6 Å². The lowest BCUT2D eigenvalue weighted by Crippen LogP contribution is -2.28. The first-order valence-corrected chi connectivity index (χ1v) is 10.1. The largest absolute Gasteiger partial charge is 0.494 e. The van der Waals surface area contributed by atoms with Gasteiger partial charge < -0.3 is 19.0 Å². The van der Waals surface area contributed by atoms with Gasteiger partial charge in [0.05, 0.1) is 29.9 Å². The average molecular weight is 403 g/mol. The molecule has 6 nitrogen and oxygen atoms in total. The predicted octanol–water partition coefficient (Wildman–Crippen LogP) is 4.90. The minimum absolute atomic E-state index is 0.256. The van der Waals surface area contributed by atoms with E-state index in [1.807, 2.05) is 55.5 Å². The molecule has 1 atom stereocenters. The van der Waals surface area contributed by atoms with Crippen molar-refractivity contribution in [3.63, 3.8) is 0 Å². The van der Waals surface area contributed by atoms with Crippen LogP contribution in [0.1, 0.15) is 41.3 Å². The standard InChI is InChI=1S/C24H25N3O3/c1-17-10-12-19(13-11-17)29-16-6-14-27-21-8-4-3-7-20(21)26-23(27)18(2)25-24(28)22-9-5-15-30-22/h3-5,7-13,15,18H,6,14,16H2,1-2H3,(H,25,28)/t18-/m1/s1. The zero-order chi connectivity index (χ0) is 20.9. The Morgan fingerprint density at radius 1 is 1.13 bits per heavy atom. The third-order valence-corrected chi connectivity index (χ3v) is 4.98. The van der Waals surface area contributed by atoms with Crippen LogP contribution in [0.5, 0.6) is 5.75 Å². The molecule has 0 aliphatic rings. The van der Waals surface area contributed by atoms with Crippen LogP contribution >= 0.6 is 0 Å². The van der Waals surface area contributed by atoms with Gasteiger partial charge in [0.25, 0.3) is 5.91 Å². The van der Waals surface area contributed by atoms with Crippen molar-refractivity contribution < 1.29 is 13.9 Å². The van der Waals surface area contributed by atoms with Crippen LogP contribution in [0.2, 0.25) is 0 Å². The molecule has 0 radical (unpaired) electrons. The smallest absolute Gasteiger partial charge is 0.287 e. The van der Waals surface area contributed by atoms with Crippen LogP contribution in [0.3, 0.4) is 0 Å². The lowest BCUT2D eigenvalue weighted by Gasteiger charge is -2.16. The number of imidazole rings is 1. The molecule has 4 rings (SSSR count). The lowest BCUT2D eigenvalue weighted by atomic mass is 10.2. The van der Waals surface area contributed by atoms with E-state index in [9.17, 15) is 4.79 Å². The molecule has 1 amide bonds. The van der Waals surface area contributed by atoms with Crippen LogP contribution in [0.4, 0.5) is 0 Å². The fourth-order valence-corrected chi connectivity index (χ4v) is 3.45. The quantitative estimate of drug-likeness (QED) is 0.425. The summed E-state index contributed by atoms with van der Waals surface area (Å²) in [6.45, 7) is 5.33. The highest BCUT2D eigenvalue weighted by Gasteiger charge is 2.20. The van der Waals surface area contributed by atoms with Gasteiger partial charge in [-0.2, -0.15) is 0 Å². The minimum atomic E-state index is -0.270. The number of fused-ring (bicyclic) bond motifs is 1. The van der Waals surface area contributed by atoms with E-state index in [-0.39, 0.29) is 17.7 Å². The second kappa shape index (κ2) is 8.86. The van der Waals surface area contributed by atoms with E-state index >= 15 is 0 Å². The number of rotatable bonds is 8. The molecule has 0 aliphatic heterocycles. The van der Waals surface area contributed by atoms with Crippen molar-refractivity contribution in [2.24, 2.45) is 0 Å². The average Bonchev–Trinajstić information content (AvgIpc) is 3.41. The summed E-state index contributed by atoms with van der Waals surface area (Å²) >= 11 is 0. The van der Waals surface area contributed by atoms with Crippen molar-refractivity contribution in [2.75, 3.05) is 6.61 Å². The van der Waals surface area contributed by atoms with Gasteiger partial charge in [-0.1, -0.05) is 29.8 Å². The maximum absolute atomic E-state index is 12.4. The minimum Gasteiger partial charge on any atom is -0.494 e. The number of aromatic nitrogens is 2.